The lowest BCUT2D eigenvalue weighted by molar-refractivity contribution is 0.251. The molecule has 2 amide bonds. The van der Waals surface area contributed by atoms with Gasteiger partial charge in [0.2, 0.25) is 0 Å². The molecule has 6 nitrogen and oxygen atoms in total. The summed E-state index contributed by atoms with van der Waals surface area (Å²) < 4.78 is 37.9. The van der Waals surface area contributed by atoms with Crippen LogP contribution in [0.5, 0.6) is 5.75 Å². The van der Waals surface area contributed by atoms with Gasteiger partial charge in [-0.15, -0.1) is 11.3 Å². The van der Waals surface area contributed by atoms with Crippen LogP contribution in [-0.2, 0) is 17.0 Å². The number of hydrogen-bond donors (Lipinski definition) is 2. The van der Waals surface area contributed by atoms with Gasteiger partial charge in [-0.25, -0.2) is 4.79 Å². The minimum atomic E-state index is -5.05. The second-order valence-electron chi connectivity index (χ2n) is 4.03. The van der Waals surface area contributed by atoms with Crippen molar-refractivity contribution in [3.8, 4) is 5.75 Å². The van der Waals surface area contributed by atoms with Crippen molar-refractivity contribution in [1.82, 2.24) is 5.32 Å². The lowest BCUT2D eigenvalue weighted by Gasteiger charge is -2.08. The molecule has 2 N–H and O–H groups in total. The third-order valence-corrected chi connectivity index (χ3v) is 4.64. The summed E-state index contributed by atoms with van der Waals surface area (Å²) in [4.78, 5) is 11.7. The summed E-state index contributed by atoms with van der Waals surface area (Å²) >= 11 is 4.89. The van der Waals surface area contributed by atoms with E-state index >= 15 is 0 Å². The first-order valence-corrected chi connectivity index (χ1v) is 8.82. The Morgan fingerprint density at radius 3 is 2.50 bits per heavy atom. The summed E-state index contributed by atoms with van der Waals surface area (Å²) in [7, 11) is -5.05. The number of halogens is 2. The van der Waals surface area contributed by atoms with Gasteiger partial charge in [0.15, 0.2) is 0 Å². The number of amides is 2. The summed E-state index contributed by atoms with van der Waals surface area (Å²) in [6.07, 6.45) is 0. The number of rotatable bonds is 5. The molecule has 0 atom stereocenters. The van der Waals surface area contributed by atoms with Crippen LogP contribution in [0.1, 0.15) is 5.56 Å². The summed E-state index contributed by atoms with van der Waals surface area (Å²) in [6.45, 7) is 0.358. The van der Waals surface area contributed by atoms with E-state index < -0.39 is 16.5 Å². The van der Waals surface area contributed by atoms with Gasteiger partial charge in [0, 0.05) is 12.2 Å². The summed E-state index contributed by atoms with van der Waals surface area (Å²) in [5.74, 6) is -0.185. The summed E-state index contributed by atoms with van der Waals surface area (Å²) in [5.41, 5.74) is 1.36. The fourth-order valence-electron chi connectivity index (χ4n) is 1.51. The fourth-order valence-corrected chi connectivity index (χ4v) is 3.09. The van der Waals surface area contributed by atoms with Crippen molar-refractivity contribution in [2.24, 2.45) is 0 Å². The van der Waals surface area contributed by atoms with E-state index in [2.05, 4.69) is 30.7 Å². The Balaban J connectivity index is 1.88. The van der Waals surface area contributed by atoms with Crippen molar-refractivity contribution in [2.75, 3.05) is 5.32 Å². The normalized spacial score (nSPS) is 11.0. The molecule has 0 fully saturated rings. The van der Waals surface area contributed by atoms with Crippen LogP contribution in [0.3, 0.4) is 0 Å². The Labute approximate surface area is 138 Å². The first-order valence-electron chi connectivity index (χ1n) is 5.84. The quantitative estimate of drug-likeness (QED) is 0.742. The van der Waals surface area contributed by atoms with E-state index in [-0.39, 0.29) is 5.75 Å². The molecule has 0 radical (unpaired) electrons. The van der Waals surface area contributed by atoms with Crippen molar-refractivity contribution in [3.63, 3.8) is 0 Å². The van der Waals surface area contributed by atoms with E-state index in [4.69, 9.17) is 0 Å². The zero-order chi connectivity index (χ0) is 16.2. The van der Waals surface area contributed by atoms with Crippen molar-refractivity contribution in [2.45, 2.75) is 6.54 Å². The lowest BCUT2D eigenvalue weighted by Crippen LogP contribution is -2.28. The summed E-state index contributed by atoms with van der Waals surface area (Å²) in [5, 5.41) is 7.12. The van der Waals surface area contributed by atoms with Crippen LogP contribution in [0.2, 0.25) is 0 Å². The first-order chi connectivity index (χ1) is 10.3. The van der Waals surface area contributed by atoms with Gasteiger partial charge < -0.3 is 14.8 Å². The standard InChI is InChI=1S/C12H10BrFN2O4S2/c13-11-8(5-6-21-11)7-15-12(17)16-9-1-3-10(4-2-9)20-22(14,18)19/h1-6H,7H2,(H2,15,16,17). The van der Waals surface area contributed by atoms with Crippen LogP contribution in [0, 0.1) is 0 Å². The van der Waals surface area contributed by atoms with Crippen LogP contribution in [-0.4, -0.2) is 14.4 Å². The predicted molar refractivity (Wildman–Crippen MR) is 85.0 cm³/mol. The highest BCUT2D eigenvalue weighted by Crippen LogP contribution is 2.23. The lowest BCUT2D eigenvalue weighted by atomic mass is 10.3. The van der Waals surface area contributed by atoms with E-state index in [1.54, 1.807) is 0 Å². The highest BCUT2D eigenvalue weighted by atomic mass is 79.9. The average Bonchev–Trinajstić information content (AvgIpc) is 2.83. The van der Waals surface area contributed by atoms with Crippen molar-refractivity contribution >= 4 is 49.5 Å². The molecule has 0 aliphatic carbocycles. The molecular weight excluding hydrogens is 399 g/mol. The van der Waals surface area contributed by atoms with Crippen molar-refractivity contribution in [3.05, 3.63) is 45.1 Å². The highest BCUT2D eigenvalue weighted by molar-refractivity contribution is 9.11. The molecule has 1 heterocycles. The number of carbonyl (C=O) groups is 1. The molecule has 0 spiro atoms. The minimum Gasteiger partial charge on any atom is -0.358 e. The maximum absolute atomic E-state index is 12.3. The van der Waals surface area contributed by atoms with Crippen LogP contribution < -0.4 is 14.8 Å². The molecule has 0 aliphatic heterocycles. The number of thiophene rings is 1. The Hall–Kier alpha value is -1.65. The second-order valence-corrected chi connectivity index (χ2v) is 7.21. The van der Waals surface area contributed by atoms with Gasteiger partial charge >= 0.3 is 16.5 Å². The zero-order valence-corrected chi connectivity index (χ0v) is 14.1. The molecule has 2 rings (SSSR count). The number of hydrogen-bond acceptors (Lipinski definition) is 5. The van der Waals surface area contributed by atoms with Gasteiger partial charge in [0.1, 0.15) is 5.75 Å². The largest absolute Gasteiger partial charge is 0.488 e. The number of anilines is 1. The second kappa shape index (κ2) is 7.07. The average molecular weight is 409 g/mol. The molecule has 118 valence electrons. The van der Waals surface area contributed by atoms with Crippen LogP contribution in [0.25, 0.3) is 0 Å². The van der Waals surface area contributed by atoms with E-state index in [0.717, 1.165) is 9.35 Å². The van der Waals surface area contributed by atoms with Gasteiger partial charge in [0.25, 0.3) is 0 Å². The number of urea groups is 1. The SMILES string of the molecule is O=C(NCc1ccsc1Br)Nc1ccc(OS(=O)(=O)F)cc1. The van der Waals surface area contributed by atoms with Gasteiger partial charge in [-0.3, -0.25) is 0 Å². The third kappa shape index (κ3) is 5.28. The Morgan fingerprint density at radius 2 is 1.95 bits per heavy atom. The smallest absolute Gasteiger partial charge is 0.358 e. The number of benzene rings is 1. The Morgan fingerprint density at radius 1 is 1.27 bits per heavy atom. The van der Waals surface area contributed by atoms with E-state index in [9.17, 15) is 17.1 Å². The molecular formula is C12H10BrFN2O4S2. The summed E-state index contributed by atoms with van der Waals surface area (Å²) in [6, 6.07) is 6.69. The Kier molecular flexibility index (Phi) is 5.37. The molecule has 10 heteroatoms. The van der Waals surface area contributed by atoms with Crippen LogP contribution in [0.15, 0.2) is 39.5 Å². The maximum atomic E-state index is 12.3. The molecule has 1 aromatic heterocycles. The van der Waals surface area contributed by atoms with Gasteiger partial charge in [0.05, 0.1) is 3.79 Å². The first kappa shape index (κ1) is 16.7. The minimum absolute atomic E-state index is 0.185. The van der Waals surface area contributed by atoms with Crippen molar-refractivity contribution < 1.29 is 21.3 Å². The molecule has 22 heavy (non-hydrogen) atoms. The van der Waals surface area contributed by atoms with E-state index in [0.29, 0.717) is 12.2 Å². The van der Waals surface area contributed by atoms with Crippen LogP contribution >= 0.6 is 27.3 Å². The van der Waals surface area contributed by atoms with Crippen molar-refractivity contribution in [1.29, 1.82) is 0 Å². The number of nitrogens with one attached hydrogen (secondary N) is 2. The number of carbonyl (C=O) groups excluding carboxylic acids is 1. The highest BCUT2D eigenvalue weighted by Gasteiger charge is 2.10. The van der Waals surface area contributed by atoms with Gasteiger partial charge in [-0.2, -0.15) is 8.42 Å². The van der Waals surface area contributed by atoms with E-state index in [1.807, 2.05) is 11.4 Å². The molecule has 1 aromatic carbocycles. The Bertz CT molecular complexity index is 762. The molecule has 0 unspecified atom stereocenters. The van der Waals surface area contributed by atoms with Crippen LogP contribution in [0.4, 0.5) is 14.4 Å². The molecule has 0 bridgehead atoms. The van der Waals surface area contributed by atoms with Gasteiger partial charge in [-0.05, 0) is 57.2 Å². The maximum Gasteiger partial charge on any atom is 0.488 e. The topological polar surface area (TPSA) is 84.5 Å². The molecule has 0 aliphatic rings. The third-order valence-electron chi connectivity index (χ3n) is 2.44. The fraction of sp³-hybridized carbons (Fsp3) is 0.0833. The van der Waals surface area contributed by atoms with E-state index in [1.165, 1.54) is 35.6 Å². The monoisotopic (exact) mass is 408 g/mol. The molecule has 0 saturated heterocycles. The predicted octanol–water partition coefficient (Wildman–Crippen LogP) is 3.43. The zero-order valence-electron chi connectivity index (χ0n) is 10.9. The molecule has 2 aromatic rings. The molecule has 0 saturated carbocycles. The van der Waals surface area contributed by atoms with Gasteiger partial charge in [-0.1, -0.05) is 3.89 Å².